The Bertz CT molecular complexity index is 8.00. The first-order chi connectivity index (χ1) is 1.91. The zero-order chi connectivity index (χ0) is 3.41. The van der Waals surface area contributed by atoms with Crippen molar-refractivity contribution in [2.24, 2.45) is 0 Å². The summed E-state index contributed by atoms with van der Waals surface area (Å²) < 4.78 is 6.88. The van der Waals surface area contributed by atoms with Crippen LogP contribution < -0.4 is 0 Å². The van der Waals surface area contributed by atoms with Crippen LogP contribution in [0.5, 0.6) is 0 Å². The molecule has 0 unspecified atom stereocenters. The summed E-state index contributed by atoms with van der Waals surface area (Å²) in [5, 5.41) is 0. The van der Waals surface area contributed by atoms with Gasteiger partial charge in [-0.25, -0.2) is 0 Å². The lowest BCUT2D eigenvalue weighted by Crippen LogP contribution is -1.51. The van der Waals surface area contributed by atoms with Crippen LogP contribution in [0.15, 0.2) is 0 Å². The van der Waals surface area contributed by atoms with E-state index in [9.17, 15) is 0 Å². The summed E-state index contributed by atoms with van der Waals surface area (Å²) in [6.07, 6.45) is 0. The van der Waals surface area contributed by atoms with E-state index in [1.54, 1.807) is 0 Å². The van der Waals surface area contributed by atoms with Crippen molar-refractivity contribution in [3.63, 3.8) is 0 Å². The second-order valence-corrected chi connectivity index (χ2v) is 0.413. The molecule has 0 aromatic carbocycles. The van der Waals surface area contributed by atoms with Crippen molar-refractivity contribution in [2.45, 2.75) is 0 Å². The fraction of sp³-hybridized carbons (Fsp3) is 0. The fourth-order valence-electron chi connectivity index (χ4n) is 0. The van der Waals surface area contributed by atoms with Crippen LogP contribution in [0.1, 0.15) is 0 Å². The van der Waals surface area contributed by atoms with E-state index >= 15 is 0 Å². The molecule has 2 nitrogen and oxygen atoms in total. The van der Waals surface area contributed by atoms with Crippen LogP contribution in [0.25, 0.3) is 0 Å². The summed E-state index contributed by atoms with van der Waals surface area (Å²) in [5.41, 5.74) is 0. The number of halogens is 1. The van der Waals surface area contributed by atoms with E-state index in [1.807, 2.05) is 0 Å². The van der Waals surface area contributed by atoms with E-state index < -0.39 is 0 Å². The van der Waals surface area contributed by atoms with E-state index in [-0.39, 0.29) is 0 Å². The van der Waals surface area contributed by atoms with Gasteiger partial charge in [0.25, 0.3) is 0 Å². The molecule has 0 heterocycles. The normalized spacial score (nSPS) is 7.50. The van der Waals surface area contributed by atoms with Crippen LogP contribution in [0.3, 0.4) is 0 Å². The molecule has 0 fully saturated rings. The first kappa shape index (κ1) is 4.64. The largest absolute Gasteiger partial charge is 0.198 e. The van der Waals surface area contributed by atoms with Crippen molar-refractivity contribution in [1.82, 2.24) is 0 Å². The Labute approximate surface area is 31.4 Å². The van der Waals surface area contributed by atoms with E-state index in [1.165, 1.54) is 0 Å². The summed E-state index contributed by atoms with van der Waals surface area (Å²) in [5.74, 6) is 0. The molecule has 0 aliphatic carbocycles. The molecule has 0 N–H and O–H groups in total. The maximum absolute atomic E-state index is 4.39. The van der Waals surface area contributed by atoms with Crippen LogP contribution in [0, 0.1) is 0 Å². The Morgan fingerprint density at radius 3 is 2.00 bits per heavy atom. The molecule has 0 aliphatic heterocycles. The van der Waals surface area contributed by atoms with E-state index in [0.717, 1.165) is 0 Å². The Kier molecular flexibility index (Phi) is 4.22. The second kappa shape index (κ2) is 3.64. The summed E-state index contributed by atoms with van der Waals surface area (Å²) in [6.45, 7) is 0. The second-order valence-electron chi connectivity index (χ2n) is 0.138. The van der Waals surface area contributed by atoms with Gasteiger partial charge in [-0.15, -0.1) is 4.44 Å². The minimum Gasteiger partial charge on any atom is -0.182 e. The Hall–Kier alpha value is 0.640. The third-order valence-corrected chi connectivity index (χ3v) is 0.254. The van der Waals surface area contributed by atoms with Gasteiger partial charge < -0.3 is 0 Å². The standard InChI is InChI=1S/ClO2P/c1-2-3-4. The molecule has 2 radical (unpaired) electrons. The molecular formula is ClO2P. The zero-order valence-electron chi connectivity index (χ0n) is 1.64. The highest BCUT2D eigenvalue weighted by atomic mass is 35.5. The minimum absolute atomic E-state index is 3.07. The van der Waals surface area contributed by atoms with Crippen molar-refractivity contribution in [1.29, 1.82) is 0 Å². The maximum atomic E-state index is 4.39. The minimum atomic E-state index is 3.07. The lowest BCUT2D eigenvalue weighted by atomic mass is 14.9. The Morgan fingerprint density at radius 1 is 1.75 bits per heavy atom. The van der Waals surface area contributed by atoms with Gasteiger partial charge in [0.15, 0.2) is 9.47 Å². The first-order valence-corrected chi connectivity index (χ1v) is 1.18. The average Bonchev–Trinajstić information content (AvgIpc) is 1.37. The van der Waals surface area contributed by atoms with Crippen molar-refractivity contribution < 1.29 is 9.11 Å². The highest BCUT2D eigenvalue weighted by molar-refractivity contribution is 7.09. The predicted octanol–water partition coefficient (Wildman–Crippen LogP) is 1.41. The van der Waals surface area contributed by atoms with Gasteiger partial charge in [-0.3, -0.25) is 0 Å². The topological polar surface area (TPSA) is 18.5 Å². The van der Waals surface area contributed by atoms with Crippen molar-refractivity contribution >= 4 is 21.3 Å². The van der Waals surface area contributed by atoms with Crippen molar-refractivity contribution in [3.05, 3.63) is 0 Å². The molecule has 0 saturated carbocycles. The zero-order valence-corrected chi connectivity index (χ0v) is 3.29. The van der Waals surface area contributed by atoms with Crippen LogP contribution in [-0.2, 0) is 9.11 Å². The van der Waals surface area contributed by atoms with E-state index in [2.05, 4.69) is 30.4 Å². The summed E-state index contributed by atoms with van der Waals surface area (Å²) in [7, 11) is 3.07. The van der Waals surface area contributed by atoms with E-state index in [0.29, 0.717) is 0 Å². The Balaban J connectivity index is 1.97. The number of hydrogen-bond donors (Lipinski definition) is 0. The third kappa shape index (κ3) is 2.64. The van der Waals surface area contributed by atoms with Crippen LogP contribution >= 0.6 is 21.3 Å². The maximum Gasteiger partial charge on any atom is 0.198 e. The lowest BCUT2D eigenvalue weighted by molar-refractivity contribution is -0.0707. The molecule has 24 valence electrons. The van der Waals surface area contributed by atoms with Gasteiger partial charge in [-0.1, -0.05) is 0 Å². The fourth-order valence-corrected chi connectivity index (χ4v) is 0. The van der Waals surface area contributed by atoms with Gasteiger partial charge in [0.1, 0.15) is 11.9 Å². The van der Waals surface area contributed by atoms with Gasteiger partial charge >= 0.3 is 0 Å². The third-order valence-electron chi connectivity index (χ3n) is 0.0282. The molecule has 4 heteroatoms. The van der Waals surface area contributed by atoms with Gasteiger partial charge in [0.2, 0.25) is 0 Å². The SMILES string of the molecule is [P]OOCl. The number of rotatable bonds is 1. The molecule has 0 rings (SSSR count). The van der Waals surface area contributed by atoms with Gasteiger partial charge in [0.05, 0.1) is 0 Å². The molecule has 0 aromatic heterocycles. The van der Waals surface area contributed by atoms with E-state index in [4.69, 9.17) is 0 Å². The molecule has 0 bridgehead atoms. The van der Waals surface area contributed by atoms with Gasteiger partial charge in [-0.2, -0.15) is 4.67 Å². The monoisotopic (exact) mass is 97.9 g/mol. The number of hydrogen-bond acceptors (Lipinski definition) is 2. The van der Waals surface area contributed by atoms with Crippen molar-refractivity contribution in [2.75, 3.05) is 0 Å². The highest BCUT2D eigenvalue weighted by Crippen LogP contribution is 1.86. The highest BCUT2D eigenvalue weighted by Gasteiger charge is 1.56. The smallest absolute Gasteiger partial charge is 0.182 e. The van der Waals surface area contributed by atoms with Gasteiger partial charge in [-0.05, 0) is 0 Å². The molecule has 4 heavy (non-hydrogen) atoms. The first-order valence-electron chi connectivity index (χ1n) is 0.504. The molecule has 0 amide bonds. The predicted molar refractivity (Wildman–Crippen MR) is 14.9 cm³/mol. The van der Waals surface area contributed by atoms with Gasteiger partial charge in [0, 0.05) is 0 Å². The Morgan fingerprint density at radius 2 is 2.00 bits per heavy atom. The summed E-state index contributed by atoms with van der Waals surface area (Å²) >= 11 is 4.39. The molecule has 0 saturated heterocycles. The molecule has 0 atom stereocenters. The quantitative estimate of drug-likeness (QED) is 0.280. The van der Waals surface area contributed by atoms with Crippen LogP contribution in [0.2, 0.25) is 0 Å². The lowest BCUT2D eigenvalue weighted by Gasteiger charge is -1.69. The van der Waals surface area contributed by atoms with Crippen LogP contribution in [0.4, 0.5) is 0 Å². The van der Waals surface area contributed by atoms with Crippen molar-refractivity contribution in [3.8, 4) is 0 Å². The molecular weight excluding hydrogens is 98.4 g/mol. The average molecular weight is 98.4 g/mol. The molecule has 0 spiro atoms. The molecule has 0 aliphatic rings. The van der Waals surface area contributed by atoms with Crippen LogP contribution in [-0.4, -0.2) is 0 Å². The summed E-state index contributed by atoms with van der Waals surface area (Å²) in [6, 6.07) is 0. The summed E-state index contributed by atoms with van der Waals surface area (Å²) in [4.78, 5) is 0. The molecule has 0 aromatic rings.